The maximum Gasteiger partial charge on any atom is 0.203 e. The molecule has 0 unspecified atom stereocenters. The van der Waals surface area contributed by atoms with Crippen molar-refractivity contribution < 1.29 is 9.47 Å². The van der Waals surface area contributed by atoms with Gasteiger partial charge >= 0.3 is 0 Å². The zero-order valence-corrected chi connectivity index (χ0v) is 16.1. The SMILES string of the molecule is COc1ccc(OC)c(C=NNc2nc(-c3ccc(Br)cc3)cs2)c1. The largest absolute Gasteiger partial charge is 0.497 e. The van der Waals surface area contributed by atoms with E-state index in [1.54, 1.807) is 20.4 Å². The average molecular weight is 418 g/mol. The second-order valence-electron chi connectivity index (χ2n) is 5.02. The van der Waals surface area contributed by atoms with Crippen LogP contribution >= 0.6 is 27.3 Å². The minimum absolute atomic E-state index is 0.719. The molecule has 0 aliphatic rings. The number of hydrogen-bond donors (Lipinski definition) is 1. The lowest BCUT2D eigenvalue weighted by Gasteiger charge is -2.06. The van der Waals surface area contributed by atoms with Crippen LogP contribution < -0.4 is 14.9 Å². The second-order valence-corrected chi connectivity index (χ2v) is 6.80. The summed E-state index contributed by atoms with van der Waals surface area (Å²) in [5.41, 5.74) is 5.75. The molecule has 0 aliphatic carbocycles. The molecule has 0 saturated carbocycles. The highest BCUT2D eigenvalue weighted by Gasteiger charge is 2.05. The number of methoxy groups -OCH3 is 2. The Morgan fingerprint density at radius 1 is 1.12 bits per heavy atom. The fourth-order valence-electron chi connectivity index (χ4n) is 2.18. The standard InChI is InChI=1S/C18H16BrN3O2S/c1-23-15-7-8-17(24-2)13(9-15)10-20-22-18-21-16(11-25-18)12-3-5-14(19)6-4-12/h3-11H,1-2H3,(H,21,22). The molecule has 0 spiro atoms. The van der Waals surface area contributed by atoms with E-state index in [2.05, 4.69) is 31.4 Å². The van der Waals surface area contributed by atoms with E-state index in [1.807, 2.05) is 47.8 Å². The number of aromatic nitrogens is 1. The minimum Gasteiger partial charge on any atom is -0.497 e. The third-order valence-corrected chi connectivity index (χ3v) is 4.72. The summed E-state index contributed by atoms with van der Waals surface area (Å²) < 4.78 is 11.6. The molecule has 1 aromatic heterocycles. The van der Waals surface area contributed by atoms with Crippen LogP contribution in [-0.2, 0) is 0 Å². The summed E-state index contributed by atoms with van der Waals surface area (Å²) in [6, 6.07) is 13.6. The van der Waals surface area contributed by atoms with Crippen molar-refractivity contribution in [2.75, 3.05) is 19.6 Å². The molecule has 5 nitrogen and oxygen atoms in total. The third-order valence-electron chi connectivity index (χ3n) is 3.44. The number of halogens is 1. The Morgan fingerprint density at radius 3 is 2.64 bits per heavy atom. The van der Waals surface area contributed by atoms with E-state index in [0.29, 0.717) is 0 Å². The number of benzene rings is 2. The van der Waals surface area contributed by atoms with E-state index in [-0.39, 0.29) is 0 Å². The van der Waals surface area contributed by atoms with Crippen LogP contribution in [-0.4, -0.2) is 25.4 Å². The first kappa shape index (κ1) is 17.4. The van der Waals surface area contributed by atoms with Crippen LogP contribution in [0.3, 0.4) is 0 Å². The van der Waals surface area contributed by atoms with Gasteiger partial charge in [-0.2, -0.15) is 5.10 Å². The van der Waals surface area contributed by atoms with Gasteiger partial charge in [-0.1, -0.05) is 28.1 Å². The molecule has 128 valence electrons. The van der Waals surface area contributed by atoms with E-state index in [0.717, 1.165) is 37.9 Å². The van der Waals surface area contributed by atoms with Gasteiger partial charge in [-0.05, 0) is 30.3 Å². The monoisotopic (exact) mass is 417 g/mol. The van der Waals surface area contributed by atoms with E-state index in [4.69, 9.17) is 9.47 Å². The van der Waals surface area contributed by atoms with E-state index >= 15 is 0 Å². The number of nitrogens with zero attached hydrogens (tertiary/aromatic N) is 2. The highest BCUT2D eigenvalue weighted by atomic mass is 79.9. The van der Waals surface area contributed by atoms with Crippen molar-refractivity contribution in [1.29, 1.82) is 0 Å². The van der Waals surface area contributed by atoms with Crippen molar-refractivity contribution in [2.45, 2.75) is 0 Å². The van der Waals surface area contributed by atoms with Gasteiger partial charge in [0.05, 0.1) is 26.1 Å². The zero-order valence-electron chi connectivity index (χ0n) is 13.7. The van der Waals surface area contributed by atoms with Gasteiger partial charge in [0, 0.05) is 21.0 Å². The maximum atomic E-state index is 5.33. The number of hydrazone groups is 1. The van der Waals surface area contributed by atoms with Gasteiger partial charge in [-0.3, -0.25) is 5.43 Å². The molecule has 0 amide bonds. The summed E-state index contributed by atoms with van der Waals surface area (Å²) in [6.45, 7) is 0. The first-order valence-corrected chi connectivity index (χ1v) is 9.09. The lowest BCUT2D eigenvalue weighted by atomic mass is 10.2. The highest BCUT2D eigenvalue weighted by molar-refractivity contribution is 9.10. The lowest BCUT2D eigenvalue weighted by Crippen LogP contribution is -1.95. The van der Waals surface area contributed by atoms with Gasteiger partial charge in [-0.25, -0.2) is 4.98 Å². The predicted molar refractivity (Wildman–Crippen MR) is 106 cm³/mol. The number of nitrogens with one attached hydrogen (secondary N) is 1. The van der Waals surface area contributed by atoms with Crippen molar-refractivity contribution >= 4 is 38.6 Å². The van der Waals surface area contributed by atoms with Gasteiger partial charge in [-0.15, -0.1) is 11.3 Å². The Balaban J connectivity index is 1.72. The van der Waals surface area contributed by atoms with E-state index in [1.165, 1.54) is 11.3 Å². The molecule has 0 saturated heterocycles. The average Bonchev–Trinajstić information content (AvgIpc) is 3.11. The molecule has 0 radical (unpaired) electrons. The Labute approximate surface area is 158 Å². The van der Waals surface area contributed by atoms with Crippen LogP contribution in [0.5, 0.6) is 11.5 Å². The first-order chi connectivity index (χ1) is 12.2. The van der Waals surface area contributed by atoms with Gasteiger partial charge in [0.1, 0.15) is 11.5 Å². The van der Waals surface area contributed by atoms with E-state index in [9.17, 15) is 0 Å². The molecule has 1 N–H and O–H groups in total. The summed E-state index contributed by atoms with van der Waals surface area (Å²) in [6.07, 6.45) is 1.68. The van der Waals surface area contributed by atoms with Crippen molar-refractivity contribution in [3.63, 3.8) is 0 Å². The van der Waals surface area contributed by atoms with Crippen LogP contribution in [0.1, 0.15) is 5.56 Å². The quantitative estimate of drug-likeness (QED) is 0.450. The Hall–Kier alpha value is -2.38. The number of hydrogen-bond acceptors (Lipinski definition) is 6. The molecule has 0 fully saturated rings. The molecule has 0 aliphatic heterocycles. The van der Waals surface area contributed by atoms with Crippen molar-refractivity contribution in [2.24, 2.45) is 5.10 Å². The molecular weight excluding hydrogens is 402 g/mol. The fraction of sp³-hybridized carbons (Fsp3) is 0.111. The third kappa shape index (κ3) is 4.37. The van der Waals surface area contributed by atoms with Crippen LogP contribution in [0.4, 0.5) is 5.13 Å². The van der Waals surface area contributed by atoms with Crippen molar-refractivity contribution in [3.05, 3.63) is 57.9 Å². The number of anilines is 1. The normalized spacial score (nSPS) is 10.8. The van der Waals surface area contributed by atoms with Crippen molar-refractivity contribution in [3.8, 4) is 22.8 Å². The summed E-state index contributed by atoms with van der Waals surface area (Å²) in [5, 5.41) is 6.96. The Bertz CT molecular complexity index is 878. The van der Waals surface area contributed by atoms with Gasteiger partial charge in [0.25, 0.3) is 0 Å². The van der Waals surface area contributed by atoms with Crippen LogP contribution in [0.25, 0.3) is 11.3 Å². The molecule has 7 heteroatoms. The molecule has 0 atom stereocenters. The molecule has 3 aromatic rings. The molecule has 3 rings (SSSR count). The molecule has 0 bridgehead atoms. The fourth-order valence-corrected chi connectivity index (χ4v) is 3.11. The molecule has 1 heterocycles. The van der Waals surface area contributed by atoms with Gasteiger partial charge < -0.3 is 9.47 Å². The smallest absolute Gasteiger partial charge is 0.203 e. The topological polar surface area (TPSA) is 55.7 Å². The van der Waals surface area contributed by atoms with Gasteiger partial charge in [0.2, 0.25) is 5.13 Å². The molecule has 2 aromatic carbocycles. The summed E-state index contributed by atoms with van der Waals surface area (Å²) in [7, 11) is 3.25. The van der Waals surface area contributed by atoms with Crippen LogP contribution in [0.15, 0.2) is 57.4 Å². The zero-order chi connectivity index (χ0) is 17.6. The first-order valence-electron chi connectivity index (χ1n) is 7.42. The van der Waals surface area contributed by atoms with Crippen LogP contribution in [0, 0.1) is 0 Å². The predicted octanol–water partition coefficient (Wildman–Crippen LogP) is 5.04. The number of rotatable bonds is 6. The Kier molecular flexibility index (Phi) is 5.67. The number of ether oxygens (including phenoxy) is 2. The minimum atomic E-state index is 0.719. The summed E-state index contributed by atoms with van der Waals surface area (Å²) in [5.74, 6) is 1.47. The molecular formula is C18H16BrN3O2S. The number of thiazole rings is 1. The second kappa shape index (κ2) is 8.13. The summed E-state index contributed by atoms with van der Waals surface area (Å²) in [4.78, 5) is 4.54. The Morgan fingerprint density at radius 2 is 1.92 bits per heavy atom. The molecule has 25 heavy (non-hydrogen) atoms. The van der Waals surface area contributed by atoms with Gasteiger partial charge in [0.15, 0.2) is 0 Å². The lowest BCUT2D eigenvalue weighted by molar-refractivity contribution is 0.402. The summed E-state index contributed by atoms with van der Waals surface area (Å²) >= 11 is 4.93. The van der Waals surface area contributed by atoms with E-state index < -0.39 is 0 Å². The van der Waals surface area contributed by atoms with Crippen LogP contribution in [0.2, 0.25) is 0 Å². The highest BCUT2D eigenvalue weighted by Crippen LogP contribution is 2.26. The maximum absolute atomic E-state index is 5.33. The van der Waals surface area contributed by atoms with Crippen molar-refractivity contribution in [1.82, 2.24) is 4.98 Å².